The minimum absolute atomic E-state index is 0.195. The Bertz CT molecular complexity index is 1500. The quantitative estimate of drug-likeness (QED) is 0.136. The molecule has 2 fully saturated rings. The molecule has 45 heavy (non-hydrogen) atoms. The van der Waals surface area contributed by atoms with Gasteiger partial charge < -0.3 is 34.7 Å². The highest BCUT2D eigenvalue weighted by molar-refractivity contribution is 7.70. The van der Waals surface area contributed by atoms with Crippen LogP contribution in [0.25, 0.3) is 0 Å². The molecule has 1 spiro atoms. The molecule has 0 radical (unpaired) electrons. The Hall–Kier alpha value is -2.84. The van der Waals surface area contributed by atoms with Gasteiger partial charge in [-0.05, 0) is 93.9 Å². The lowest BCUT2D eigenvalue weighted by Gasteiger charge is -2.47. The number of aromatic nitrogens is 2. The van der Waals surface area contributed by atoms with Crippen molar-refractivity contribution in [1.82, 2.24) is 9.97 Å². The van der Waals surface area contributed by atoms with E-state index < -0.39 is 7.14 Å². The molecule has 5 rings (SSSR count). The second-order valence-electron chi connectivity index (χ2n) is 12.7. The monoisotopic (exact) mass is 655 g/mol. The molecule has 0 atom stereocenters. The maximum atomic E-state index is 12.9. The minimum Gasteiger partial charge on any atom is -0.494 e. The summed E-state index contributed by atoms with van der Waals surface area (Å²) in [6.45, 7) is 8.57. The zero-order valence-electron chi connectivity index (χ0n) is 26.9. The van der Waals surface area contributed by atoms with Gasteiger partial charge in [0.05, 0.1) is 30.8 Å². The van der Waals surface area contributed by atoms with Crippen LogP contribution in [0, 0.1) is 5.41 Å². The van der Waals surface area contributed by atoms with Crippen molar-refractivity contribution < 1.29 is 19.1 Å². The molecule has 1 aliphatic heterocycles. The van der Waals surface area contributed by atoms with Crippen molar-refractivity contribution in [3.05, 3.63) is 53.2 Å². The summed E-state index contributed by atoms with van der Waals surface area (Å²) in [7, 11) is -0.843. The molecule has 0 amide bonds. The van der Waals surface area contributed by atoms with Gasteiger partial charge in [-0.3, -0.25) is 0 Å². The van der Waals surface area contributed by atoms with Gasteiger partial charge in [0.15, 0.2) is 5.82 Å². The highest BCUT2D eigenvalue weighted by Crippen LogP contribution is 2.47. The molecule has 1 aromatic heterocycles. The van der Waals surface area contributed by atoms with Crippen LogP contribution in [-0.2, 0) is 15.7 Å². The van der Waals surface area contributed by atoms with Crippen LogP contribution in [0.2, 0.25) is 5.02 Å². The van der Waals surface area contributed by atoms with Gasteiger partial charge in [-0.25, -0.2) is 4.98 Å². The number of nitrogens with zero attached hydrogens (tertiary/aromatic N) is 3. The first-order valence-corrected chi connectivity index (χ1v) is 19.0. The lowest BCUT2D eigenvalue weighted by Crippen LogP contribution is -2.43. The second-order valence-corrected chi connectivity index (χ2v) is 16.3. The van der Waals surface area contributed by atoms with Crippen molar-refractivity contribution in [3.8, 4) is 5.75 Å². The fourth-order valence-electron chi connectivity index (χ4n) is 6.68. The number of hydrogen-bond acceptors (Lipinski definition) is 9. The summed E-state index contributed by atoms with van der Waals surface area (Å²) in [5, 5.41) is 16.8. The summed E-state index contributed by atoms with van der Waals surface area (Å²) >= 11 is 6.49. The Labute approximate surface area is 272 Å². The number of aliphatic hydroxyl groups excluding tert-OH is 1. The van der Waals surface area contributed by atoms with Gasteiger partial charge in [0.1, 0.15) is 17.9 Å². The molecule has 2 aliphatic rings. The SMILES string of the molecule is CCc1cc(Nc2ncc(Cl)c(Nc3ccccc3P(C)(C)=O)n2)c(OC)cc1N1CCC2(CCC(OCCCO)CC2)CC1. The standard InChI is InChI=1S/C34H47ClN5O4P/c1-5-24-21-28(38-33-36-23-26(35)32(39-33)37-27-9-6-7-10-31(27)45(3,4)42)30(43-2)22-29(24)40-17-15-34(16-18-40)13-11-25(12-14-34)44-20-8-19-41/h6-7,9-10,21-23,25,41H,5,8,11-20H2,1-4H3,(H2,36,37,38,39). The average Bonchev–Trinajstić information content (AvgIpc) is 3.04. The Morgan fingerprint density at radius 1 is 1.09 bits per heavy atom. The van der Waals surface area contributed by atoms with Gasteiger partial charge in [-0.15, -0.1) is 0 Å². The minimum atomic E-state index is -2.53. The number of rotatable bonds is 12. The summed E-state index contributed by atoms with van der Waals surface area (Å²) in [6, 6.07) is 11.8. The molecular weight excluding hydrogens is 609 g/mol. The van der Waals surface area contributed by atoms with E-state index >= 15 is 0 Å². The fourth-order valence-corrected chi connectivity index (χ4v) is 7.97. The van der Waals surface area contributed by atoms with E-state index in [0.29, 0.717) is 40.6 Å². The normalized spacial score (nSPS) is 17.0. The van der Waals surface area contributed by atoms with Gasteiger partial charge in [0.25, 0.3) is 0 Å². The summed E-state index contributed by atoms with van der Waals surface area (Å²) in [5.41, 5.74) is 4.35. The first kappa shape index (κ1) is 33.5. The lowest BCUT2D eigenvalue weighted by atomic mass is 9.67. The van der Waals surface area contributed by atoms with Crippen LogP contribution in [0.15, 0.2) is 42.6 Å². The van der Waals surface area contributed by atoms with E-state index in [4.69, 9.17) is 26.2 Å². The molecule has 1 saturated carbocycles. The third-order valence-electron chi connectivity index (χ3n) is 9.32. The highest BCUT2D eigenvalue weighted by Gasteiger charge is 2.38. The smallest absolute Gasteiger partial charge is 0.229 e. The van der Waals surface area contributed by atoms with E-state index in [1.165, 1.54) is 36.9 Å². The first-order chi connectivity index (χ1) is 21.6. The number of methoxy groups -OCH3 is 1. The third-order valence-corrected chi connectivity index (χ3v) is 11.2. The summed E-state index contributed by atoms with van der Waals surface area (Å²) < 4.78 is 24.7. The zero-order valence-corrected chi connectivity index (χ0v) is 28.6. The number of benzene rings is 2. The third kappa shape index (κ3) is 8.12. The lowest BCUT2D eigenvalue weighted by molar-refractivity contribution is -0.0143. The molecule has 9 nitrogen and oxygen atoms in total. The van der Waals surface area contributed by atoms with E-state index in [2.05, 4.69) is 44.6 Å². The van der Waals surface area contributed by atoms with Crippen molar-refractivity contribution in [2.24, 2.45) is 5.41 Å². The number of aliphatic hydroxyl groups is 1. The van der Waals surface area contributed by atoms with Crippen molar-refractivity contribution in [2.45, 2.75) is 64.4 Å². The summed E-state index contributed by atoms with van der Waals surface area (Å²) in [4.78, 5) is 11.6. The van der Waals surface area contributed by atoms with E-state index in [1.807, 2.05) is 24.3 Å². The predicted octanol–water partition coefficient (Wildman–Crippen LogP) is 7.36. The highest BCUT2D eigenvalue weighted by atomic mass is 35.5. The number of piperidine rings is 1. The number of nitrogens with one attached hydrogen (secondary N) is 2. The second kappa shape index (κ2) is 14.7. The van der Waals surface area contributed by atoms with Crippen molar-refractivity contribution in [2.75, 3.05) is 62.3 Å². The first-order valence-electron chi connectivity index (χ1n) is 16.0. The van der Waals surface area contributed by atoms with Crippen molar-refractivity contribution >= 4 is 52.9 Å². The van der Waals surface area contributed by atoms with Crippen LogP contribution in [-0.4, -0.2) is 67.9 Å². The van der Waals surface area contributed by atoms with E-state index in [1.54, 1.807) is 26.6 Å². The average molecular weight is 656 g/mol. The molecule has 11 heteroatoms. The maximum Gasteiger partial charge on any atom is 0.229 e. The van der Waals surface area contributed by atoms with Crippen LogP contribution in [0.4, 0.5) is 28.8 Å². The van der Waals surface area contributed by atoms with Crippen LogP contribution >= 0.6 is 18.7 Å². The molecule has 3 N–H and O–H groups in total. The van der Waals surface area contributed by atoms with Gasteiger partial charge in [0.2, 0.25) is 5.95 Å². The van der Waals surface area contributed by atoms with Gasteiger partial charge in [-0.2, -0.15) is 4.98 Å². The molecule has 3 aromatic rings. The summed E-state index contributed by atoms with van der Waals surface area (Å²) in [6.07, 6.45) is 10.5. The predicted molar refractivity (Wildman–Crippen MR) is 185 cm³/mol. The topological polar surface area (TPSA) is 109 Å². The number of hydrogen-bond donors (Lipinski definition) is 3. The molecule has 0 bridgehead atoms. The van der Waals surface area contributed by atoms with Gasteiger partial charge >= 0.3 is 0 Å². The number of ether oxygens (including phenoxy) is 2. The van der Waals surface area contributed by atoms with Crippen LogP contribution in [0.3, 0.4) is 0 Å². The molecule has 1 aliphatic carbocycles. The molecule has 1 saturated heterocycles. The Balaban J connectivity index is 1.29. The Kier molecular flexibility index (Phi) is 11.0. The zero-order chi connectivity index (χ0) is 32.0. The van der Waals surface area contributed by atoms with E-state index in [9.17, 15) is 4.57 Å². The fraction of sp³-hybridized carbons (Fsp3) is 0.529. The number of aryl methyl sites for hydroxylation is 1. The molecule has 244 valence electrons. The van der Waals surface area contributed by atoms with Gasteiger partial charge in [-0.1, -0.05) is 30.7 Å². The van der Waals surface area contributed by atoms with E-state index in [-0.39, 0.29) is 6.61 Å². The molecule has 2 aromatic carbocycles. The van der Waals surface area contributed by atoms with Crippen LogP contribution < -0.4 is 25.6 Å². The maximum absolute atomic E-state index is 12.9. The summed E-state index contributed by atoms with van der Waals surface area (Å²) in [5.74, 6) is 1.52. The van der Waals surface area contributed by atoms with Crippen LogP contribution in [0.1, 0.15) is 57.4 Å². The molecular formula is C34H47ClN5O4P. The van der Waals surface area contributed by atoms with Gasteiger partial charge in [0, 0.05) is 43.4 Å². The van der Waals surface area contributed by atoms with Crippen LogP contribution in [0.5, 0.6) is 5.75 Å². The Morgan fingerprint density at radius 3 is 2.49 bits per heavy atom. The van der Waals surface area contributed by atoms with E-state index in [0.717, 1.165) is 55.5 Å². The van der Waals surface area contributed by atoms with Crippen molar-refractivity contribution in [3.63, 3.8) is 0 Å². The number of para-hydroxylation sites is 1. The number of halogens is 1. The van der Waals surface area contributed by atoms with Crippen molar-refractivity contribution in [1.29, 1.82) is 0 Å². The molecule has 2 heterocycles. The number of anilines is 5. The molecule has 0 unspecified atom stereocenters. The largest absolute Gasteiger partial charge is 0.494 e. The Morgan fingerprint density at radius 2 is 1.82 bits per heavy atom.